The maximum absolute atomic E-state index is 12.0. The summed E-state index contributed by atoms with van der Waals surface area (Å²) in [4.78, 5) is 12.0. The van der Waals surface area contributed by atoms with Crippen LogP contribution < -0.4 is 10.6 Å². The molecule has 1 fully saturated rings. The molecule has 116 valence electrons. The highest BCUT2D eigenvalue weighted by Crippen LogP contribution is 2.28. The van der Waals surface area contributed by atoms with Gasteiger partial charge >= 0.3 is 6.03 Å². The Kier molecular flexibility index (Phi) is 4.88. The summed E-state index contributed by atoms with van der Waals surface area (Å²) in [7, 11) is 0. The van der Waals surface area contributed by atoms with Gasteiger partial charge in [-0.15, -0.1) is 0 Å². The molecule has 1 aromatic rings. The van der Waals surface area contributed by atoms with Gasteiger partial charge in [0.25, 0.3) is 0 Å². The number of hydrogen-bond donors (Lipinski definition) is 3. The van der Waals surface area contributed by atoms with Crippen molar-refractivity contribution >= 4 is 6.03 Å². The largest absolute Gasteiger partial charge is 0.388 e. The molecular formula is C17H26N2O2. The van der Waals surface area contributed by atoms with Crippen molar-refractivity contribution in [2.24, 2.45) is 0 Å². The number of nitrogens with one attached hydrogen (secondary N) is 2. The molecule has 0 spiro atoms. The van der Waals surface area contributed by atoms with Gasteiger partial charge in [-0.25, -0.2) is 4.79 Å². The molecule has 0 heterocycles. The zero-order valence-corrected chi connectivity index (χ0v) is 13.2. The molecule has 1 saturated carbocycles. The minimum Gasteiger partial charge on any atom is -0.388 e. The van der Waals surface area contributed by atoms with Gasteiger partial charge in [0.15, 0.2) is 0 Å². The normalized spacial score (nSPS) is 18.3. The topological polar surface area (TPSA) is 61.4 Å². The van der Waals surface area contributed by atoms with Crippen molar-refractivity contribution in [3.8, 4) is 0 Å². The lowest BCUT2D eigenvalue weighted by Gasteiger charge is -2.24. The molecule has 0 aliphatic heterocycles. The van der Waals surface area contributed by atoms with Crippen molar-refractivity contribution in [3.05, 3.63) is 34.9 Å². The number of carbonyl (C=O) groups excluding carboxylic acids is 1. The van der Waals surface area contributed by atoms with Crippen LogP contribution in [0.15, 0.2) is 18.2 Å². The van der Waals surface area contributed by atoms with Crippen molar-refractivity contribution in [1.29, 1.82) is 0 Å². The van der Waals surface area contributed by atoms with Crippen molar-refractivity contribution in [3.63, 3.8) is 0 Å². The molecule has 2 rings (SSSR count). The summed E-state index contributed by atoms with van der Waals surface area (Å²) < 4.78 is 0. The van der Waals surface area contributed by atoms with Gasteiger partial charge in [0.05, 0.1) is 11.6 Å². The first-order valence-electron chi connectivity index (χ1n) is 7.74. The molecule has 1 aliphatic carbocycles. The molecule has 3 N–H and O–H groups in total. The summed E-state index contributed by atoms with van der Waals surface area (Å²) in [6.07, 6.45) is 3.64. The number of aliphatic hydroxyl groups is 1. The molecule has 4 heteroatoms. The zero-order valence-electron chi connectivity index (χ0n) is 13.2. The maximum Gasteiger partial charge on any atom is 0.315 e. The molecule has 4 nitrogen and oxygen atoms in total. The van der Waals surface area contributed by atoms with Gasteiger partial charge in [0, 0.05) is 6.54 Å². The SMILES string of the molecule is Cc1cccc(C(C)NC(=O)NCC2(O)CCCC2)c1C. The van der Waals surface area contributed by atoms with Gasteiger partial charge in [0.1, 0.15) is 0 Å². The van der Waals surface area contributed by atoms with E-state index in [1.165, 1.54) is 11.1 Å². The maximum atomic E-state index is 12.0. The Hall–Kier alpha value is -1.55. The van der Waals surface area contributed by atoms with E-state index in [-0.39, 0.29) is 12.1 Å². The van der Waals surface area contributed by atoms with E-state index < -0.39 is 5.60 Å². The van der Waals surface area contributed by atoms with Crippen LogP contribution in [0, 0.1) is 13.8 Å². The summed E-state index contributed by atoms with van der Waals surface area (Å²) in [6, 6.07) is 5.85. The van der Waals surface area contributed by atoms with Crippen molar-refractivity contribution in [2.45, 2.75) is 58.1 Å². The van der Waals surface area contributed by atoms with E-state index in [0.29, 0.717) is 6.54 Å². The average Bonchev–Trinajstić information content (AvgIpc) is 2.87. The van der Waals surface area contributed by atoms with Crippen LogP contribution in [0.4, 0.5) is 4.79 Å². The average molecular weight is 290 g/mol. The lowest BCUT2D eigenvalue weighted by atomic mass is 9.98. The van der Waals surface area contributed by atoms with E-state index >= 15 is 0 Å². The first kappa shape index (κ1) is 15.8. The van der Waals surface area contributed by atoms with Gasteiger partial charge in [-0.1, -0.05) is 31.0 Å². The third-order valence-corrected chi connectivity index (χ3v) is 4.57. The number of rotatable bonds is 4. The number of hydrogen-bond acceptors (Lipinski definition) is 2. The molecular weight excluding hydrogens is 264 g/mol. The third kappa shape index (κ3) is 3.97. The summed E-state index contributed by atoms with van der Waals surface area (Å²) in [5, 5.41) is 16.0. The van der Waals surface area contributed by atoms with Crippen LogP contribution in [-0.4, -0.2) is 23.3 Å². The first-order valence-corrected chi connectivity index (χ1v) is 7.74. The number of urea groups is 1. The van der Waals surface area contributed by atoms with E-state index in [4.69, 9.17) is 0 Å². The van der Waals surface area contributed by atoms with E-state index in [0.717, 1.165) is 31.2 Å². The van der Waals surface area contributed by atoms with E-state index in [9.17, 15) is 9.90 Å². The highest BCUT2D eigenvalue weighted by Gasteiger charge is 2.31. The van der Waals surface area contributed by atoms with Crippen LogP contribution in [0.1, 0.15) is 55.3 Å². The van der Waals surface area contributed by atoms with Crippen LogP contribution in [0.5, 0.6) is 0 Å². The Balaban J connectivity index is 1.88. The Morgan fingerprint density at radius 3 is 2.67 bits per heavy atom. The summed E-state index contributed by atoms with van der Waals surface area (Å²) in [5.41, 5.74) is 2.85. The second-order valence-electron chi connectivity index (χ2n) is 6.27. The van der Waals surface area contributed by atoms with Gasteiger partial charge in [0.2, 0.25) is 0 Å². The van der Waals surface area contributed by atoms with Gasteiger partial charge in [-0.2, -0.15) is 0 Å². The summed E-state index contributed by atoms with van der Waals surface area (Å²) in [5.74, 6) is 0. The predicted molar refractivity (Wildman–Crippen MR) is 84.3 cm³/mol. The van der Waals surface area contributed by atoms with Crippen molar-refractivity contribution in [2.75, 3.05) is 6.54 Å². The van der Waals surface area contributed by atoms with Crippen LogP contribution in [0.25, 0.3) is 0 Å². The standard InChI is InChI=1S/C17H26N2O2/c1-12-7-6-8-15(13(12)2)14(3)19-16(20)18-11-17(21)9-4-5-10-17/h6-8,14,21H,4-5,9-11H2,1-3H3,(H2,18,19,20). The first-order chi connectivity index (χ1) is 9.91. The van der Waals surface area contributed by atoms with Crippen LogP contribution in [0.3, 0.4) is 0 Å². The Morgan fingerprint density at radius 2 is 2.00 bits per heavy atom. The monoisotopic (exact) mass is 290 g/mol. The molecule has 0 saturated heterocycles. The fourth-order valence-electron chi connectivity index (χ4n) is 3.02. The molecule has 1 aliphatic rings. The Morgan fingerprint density at radius 1 is 1.33 bits per heavy atom. The number of carbonyl (C=O) groups is 1. The minimum absolute atomic E-state index is 0.0527. The second-order valence-corrected chi connectivity index (χ2v) is 6.27. The predicted octanol–water partition coefficient (Wildman–Crippen LogP) is 2.97. The van der Waals surface area contributed by atoms with Gasteiger partial charge in [-0.3, -0.25) is 0 Å². The van der Waals surface area contributed by atoms with Gasteiger partial charge in [-0.05, 0) is 50.3 Å². The number of aryl methyl sites for hydroxylation is 1. The molecule has 1 aromatic carbocycles. The lowest BCUT2D eigenvalue weighted by Crippen LogP contribution is -2.45. The third-order valence-electron chi connectivity index (χ3n) is 4.57. The van der Waals surface area contributed by atoms with E-state index in [1.807, 2.05) is 19.1 Å². The zero-order chi connectivity index (χ0) is 15.5. The molecule has 0 bridgehead atoms. The Bertz CT molecular complexity index is 508. The smallest absolute Gasteiger partial charge is 0.315 e. The van der Waals surface area contributed by atoms with Crippen LogP contribution >= 0.6 is 0 Å². The number of amides is 2. The molecule has 1 atom stereocenters. The molecule has 0 radical (unpaired) electrons. The molecule has 2 amide bonds. The Labute approximate surface area is 126 Å². The second kappa shape index (κ2) is 6.48. The van der Waals surface area contributed by atoms with E-state index in [1.54, 1.807) is 0 Å². The summed E-state index contributed by atoms with van der Waals surface area (Å²) >= 11 is 0. The minimum atomic E-state index is -0.709. The van der Waals surface area contributed by atoms with E-state index in [2.05, 4.69) is 30.5 Å². The molecule has 21 heavy (non-hydrogen) atoms. The quantitative estimate of drug-likeness (QED) is 0.798. The highest BCUT2D eigenvalue weighted by molar-refractivity contribution is 5.74. The van der Waals surface area contributed by atoms with Crippen LogP contribution in [0.2, 0.25) is 0 Å². The molecule has 1 unspecified atom stereocenters. The fourth-order valence-corrected chi connectivity index (χ4v) is 3.02. The fraction of sp³-hybridized carbons (Fsp3) is 0.588. The van der Waals surface area contributed by atoms with Crippen LogP contribution in [-0.2, 0) is 0 Å². The molecule has 0 aromatic heterocycles. The van der Waals surface area contributed by atoms with Crippen molar-refractivity contribution < 1.29 is 9.90 Å². The van der Waals surface area contributed by atoms with Gasteiger partial charge < -0.3 is 15.7 Å². The highest BCUT2D eigenvalue weighted by atomic mass is 16.3. The summed E-state index contributed by atoms with van der Waals surface area (Å²) in [6.45, 7) is 6.45. The lowest BCUT2D eigenvalue weighted by molar-refractivity contribution is 0.0500. The van der Waals surface area contributed by atoms with Crippen molar-refractivity contribution in [1.82, 2.24) is 10.6 Å². The number of benzene rings is 1.